The minimum absolute atomic E-state index is 0.00700. The normalized spacial score (nSPS) is 23.6. The van der Waals surface area contributed by atoms with E-state index in [1.165, 1.54) is 21.8 Å². The van der Waals surface area contributed by atoms with E-state index in [1.807, 2.05) is 0 Å². The van der Waals surface area contributed by atoms with Crippen molar-refractivity contribution in [2.24, 2.45) is 0 Å². The van der Waals surface area contributed by atoms with Crippen LogP contribution >= 0.6 is 11.3 Å². The van der Waals surface area contributed by atoms with Crippen molar-refractivity contribution >= 4 is 33.5 Å². The van der Waals surface area contributed by atoms with Crippen molar-refractivity contribution in [2.45, 2.75) is 63.5 Å². The summed E-state index contributed by atoms with van der Waals surface area (Å²) in [5, 5.41) is 3.76. The van der Waals surface area contributed by atoms with E-state index in [9.17, 15) is 14.4 Å². The van der Waals surface area contributed by atoms with Crippen LogP contribution in [0.3, 0.4) is 0 Å². The van der Waals surface area contributed by atoms with Gasteiger partial charge in [0.25, 0.3) is 11.5 Å². The van der Waals surface area contributed by atoms with Gasteiger partial charge in [0.05, 0.1) is 18.6 Å². The number of aromatic nitrogens is 2. The van der Waals surface area contributed by atoms with E-state index in [1.54, 1.807) is 11.3 Å². The predicted molar refractivity (Wildman–Crippen MR) is 125 cm³/mol. The molecule has 2 N–H and O–H groups in total. The molecule has 2 saturated heterocycles. The Bertz CT molecular complexity index is 1160. The maximum Gasteiger partial charge on any atom is 0.326 e. The fourth-order valence-electron chi connectivity index (χ4n) is 5.91. The van der Waals surface area contributed by atoms with E-state index in [0.717, 1.165) is 87.2 Å². The van der Waals surface area contributed by atoms with Gasteiger partial charge in [-0.2, -0.15) is 0 Å². The molecule has 4 heterocycles. The molecule has 2 aromatic heterocycles. The lowest BCUT2D eigenvalue weighted by Crippen LogP contribution is -2.51. The quantitative estimate of drug-likeness (QED) is 0.661. The number of carbonyl (C=O) groups is 2. The molecule has 33 heavy (non-hydrogen) atoms. The number of hydrogen-bond donors (Lipinski definition) is 2. The average Bonchev–Trinajstić information content (AvgIpc) is 3.48. The maximum atomic E-state index is 12.9. The van der Waals surface area contributed by atoms with Gasteiger partial charge in [0.2, 0.25) is 0 Å². The largest absolute Gasteiger partial charge is 0.326 e. The zero-order chi connectivity index (χ0) is 22.6. The van der Waals surface area contributed by atoms with Crippen molar-refractivity contribution in [1.82, 2.24) is 30.0 Å². The van der Waals surface area contributed by atoms with E-state index in [2.05, 4.69) is 20.1 Å². The van der Waals surface area contributed by atoms with E-state index in [0.29, 0.717) is 13.2 Å². The summed E-state index contributed by atoms with van der Waals surface area (Å²) in [6, 6.07) is -0.252. The number of carbonyl (C=O) groups excluding carboxylic acids is 2. The number of amides is 3. The molecule has 2 aliphatic heterocycles. The Morgan fingerprint density at radius 2 is 1.67 bits per heavy atom. The van der Waals surface area contributed by atoms with Crippen LogP contribution in [-0.2, 0) is 24.2 Å². The van der Waals surface area contributed by atoms with Crippen molar-refractivity contribution in [1.29, 1.82) is 0 Å². The SMILES string of the molecule is O=C1NC2(CCCC2)C(=O)N1CN1CCN(Cc2nc3sc4c(c3c(=O)[nH]2)CCCC4)CC1. The molecule has 1 spiro atoms. The molecule has 4 aliphatic rings. The zero-order valence-corrected chi connectivity index (χ0v) is 19.6. The van der Waals surface area contributed by atoms with Crippen molar-refractivity contribution in [3.63, 3.8) is 0 Å². The van der Waals surface area contributed by atoms with Crippen LogP contribution < -0.4 is 10.9 Å². The molecule has 6 rings (SSSR count). The standard InChI is InChI=1S/C23H30N6O3S/c30-19-18-15-5-1-2-6-16(15)33-20(18)25-17(24-19)13-27-9-11-28(12-10-27)14-29-21(31)23(26-22(29)32)7-3-4-8-23/h1-14H2,(H,26,32)(H,24,25,30). The van der Waals surface area contributed by atoms with Crippen LogP contribution in [-0.4, -0.2) is 75.0 Å². The molecule has 3 amide bonds. The number of nitrogens with zero attached hydrogens (tertiary/aromatic N) is 4. The Morgan fingerprint density at radius 1 is 0.939 bits per heavy atom. The Morgan fingerprint density at radius 3 is 2.45 bits per heavy atom. The number of urea groups is 1. The van der Waals surface area contributed by atoms with E-state index in [4.69, 9.17) is 4.98 Å². The van der Waals surface area contributed by atoms with E-state index < -0.39 is 5.54 Å². The van der Waals surface area contributed by atoms with Crippen molar-refractivity contribution in [3.05, 3.63) is 26.6 Å². The third-order valence-electron chi connectivity index (χ3n) is 7.76. The monoisotopic (exact) mass is 470 g/mol. The second kappa shape index (κ2) is 8.18. The highest BCUT2D eigenvalue weighted by molar-refractivity contribution is 7.18. The molecular weight excluding hydrogens is 440 g/mol. The van der Waals surface area contributed by atoms with Gasteiger partial charge in [-0.05, 0) is 44.1 Å². The number of thiophene rings is 1. The third kappa shape index (κ3) is 3.68. The minimum Gasteiger partial charge on any atom is -0.323 e. The smallest absolute Gasteiger partial charge is 0.323 e. The first-order chi connectivity index (χ1) is 16.0. The Hall–Kier alpha value is -2.30. The van der Waals surface area contributed by atoms with Gasteiger partial charge in [-0.1, -0.05) is 12.8 Å². The second-order valence-corrected chi connectivity index (χ2v) is 11.0. The third-order valence-corrected chi connectivity index (χ3v) is 8.94. The second-order valence-electron chi connectivity index (χ2n) is 9.89. The summed E-state index contributed by atoms with van der Waals surface area (Å²) in [5.41, 5.74) is 0.568. The molecular formula is C23H30N6O3S. The fourth-order valence-corrected chi connectivity index (χ4v) is 7.19. The van der Waals surface area contributed by atoms with Crippen LogP contribution in [0.4, 0.5) is 4.79 Å². The van der Waals surface area contributed by atoms with Gasteiger partial charge in [0.1, 0.15) is 16.2 Å². The number of aromatic amines is 1. The molecule has 1 saturated carbocycles. The Labute approximate surface area is 196 Å². The topological polar surface area (TPSA) is 102 Å². The number of nitrogens with one attached hydrogen (secondary N) is 2. The van der Waals surface area contributed by atoms with Gasteiger partial charge in [-0.3, -0.25) is 19.4 Å². The highest BCUT2D eigenvalue weighted by atomic mass is 32.1. The molecule has 3 fully saturated rings. The van der Waals surface area contributed by atoms with E-state index >= 15 is 0 Å². The zero-order valence-electron chi connectivity index (χ0n) is 18.8. The van der Waals surface area contributed by atoms with Gasteiger partial charge < -0.3 is 10.3 Å². The molecule has 2 aromatic rings. The van der Waals surface area contributed by atoms with Gasteiger partial charge in [-0.25, -0.2) is 14.7 Å². The summed E-state index contributed by atoms with van der Waals surface area (Å²) in [4.78, 5) is 54.0. The fraction of sp³-hybridized carbons (Fsp3) is 0.652. The van der Waals surface area contributed by atoms with Crippen LogP contribution in [0.5, 0.6) is 0 Å². The summed E-state index contributed by atoms with van der Waals surface area (Å²) in [7, 11) is 0. The number of piperazine rings is 1. The molecule has 9 nitrogen and oxygen atoms in total. The van der Waals surface area contributed by atoms with Gasteiger partial charge in [0, 0.05) is 31.1 Å². The molecule has 0 radical (unpaired) electrons. The number of fused-ring (bicyclic) bond motifs is 3. The molecule has 2 aliphatic carbocycles. The first-order valence-electron chi connectivity index (χ1n) is 12.1. The summed E-state index contributed by atoms with van der Waals surface area (Å²) < 4.78 is 0. The van der Waals surface area contributed by atoms with Crippen molar-refractivity contribution < 1.29 is 9.59 Å². The minimum atomic E-state index is -0.643. The highest BCUT2D eigenvalue weighted by Gasteiger charge is 2.52. The molecule has 10 heteroatoms. The molecule has 0 unspecified atom stereocenters. The van der Waals surface area contributed by atoms with E-state index in [-0.39, 0.29) is 17.5 Å². The summed E-state index contributed by atoms with van der Waals surface area (Å²) in [5.74, 6) is 0.665. The molecule has 0 bridgehead atoms. The maximum absolute atomic E-state index is 12.9. The molecule has 0 aromatic carbocycles. The van der Waals surface area contributed by atoms with Crippen LogP contribution in [0.2, 0.25) is 0 Å². The van der Waals surface area contributed by atoms with Gasteiger partial charge >= 0.3 is 6.03 Å². The van der Waals surface area contributed by atoms with Crippen molar-refractivity contribution in [3.8, 4) is 0 Å². The predicted octanol–water partition coefficient (Wildman–Crippen LogP) is 1.80. The first-order valence-corrected chi connectivity index (χ1v) is 13.0. The number of H-pyrrole nitrogens is 1. The summed E-state index contributed by atoms with van der Waals surface area (Å²) >= 11 is 1.68. The lowest BCUT2D eigenvalue weighted by Gasteiger charge is -2.35. The van der Waals surface area contributed by atoms with Crippen molar-refractivity contribution in [2.75, 3.05) is 32.8 Å². The summed E-state index contributed by atoms with van der Waals surface area (Å²) in [6.07, 6.45) is 7.89. The number of imide groups is 1. The Balaban J connectivity index is 1.08. The van der Waals surface area contributed by atoms with Crippen LogP contribution in [0.15, 0.2) is 4.79 Å². The highest BCUT2D eigenvalue weighted by Crippen LogP contribution is 2.35. The van der Waals surface area contributed by atoms with Crippen LogP contribution in [0.25, 0.3) is 10.2 Å². The number of rotatable bonds is 4. The average molecular weight is 471 g/mol. The van der Waals surface area contributed by atoms with Crippen LogP contribution in [0, 0.1) is 0 Å². The first kappa shape index (κ1) is 21.2. The Kier molecular flexibility index (Phi) is 5.26. The number of aryl methyl sites for hydroxylation is 2. The number of hydrogen-bond acceptors (Lipinski definition) is 7. The lowest BCUT2D eigenvalue weighted by molar-refractivity contribution is -0.132. The molecule has 176 valence electrons. The van der Waals surface area contributed by atoms with Gasteiger partial charge in [0.15, 0.2) is 0 Å². The van der Waals surface area contributed by atoms with Gasteiger partial charge in [-0.15, -0.1) is 11.3 Å². The molecule has 0 atom stereocenters. The summed E-state index contributed by atoms with van der Waals surface area (Å²) in [6.45, 7) is 4.10. The van der Waals surface area contributed by atoms with Crippen LogP contribution in [0.1, 0.15) is 54.8 Å². The lowest BCUT2D eigenvalue weighted by atomic mass is 9.97.